The fraction of sp³-hybridized carbons (Fsp3) is 0.133. The van der Waals surface area contributed by atoms with Crippen LogP contribution in [0, 0.1) is 0 Å². The number of phenols is 1. The molecule has 0 fully saturated rings. The summed E-state index contributed by atoms with van der Waals surface area (Å²) < 4.78 is 10.1. The number of methoxy groups -OCH3 is 2. The summed E-state index contributed by atoms with van der Waals surface area (Å²) in [5, 5.41) is 17.8. The van der Waals surface area contributed by atoms with E-state index in [0.717, 1.165) is 0 Å². The van der Waals surface area contributed by atoms with E-state index in [9.17, 15) is 9.90 Å². The molecule has 0 amide bonds. The normalized spacial score (nSPS) is 10.6. The number of aromatic hydroxyl groups is 1. The Kier molecular flexibility index (Phi) is 4.50. The van der Waals surface area contributed by atoms with Crippen LogP contribution in [0.3, 0.4) is 0 Å². The monoisotopic (exact) mass is 286 g/mol. The number of ether oxygens (including phenoxy) is 2. The van der Waals surface area contributed by atoms with Gasteiger partial charge in [0.15, 0.2) is 17.8 Å². The van der Waals surface area contributed by atoms with E-state index < -0.39 is 0 Å². The quantitative estimate of drug-likeness (QED) is 0.672. The molecule has 0 radical (unpaired) electrons. The summed E-state index contributed by atoms with van der Waals surface area (Å²) in [5.41, 5.74) is 1.09. The third-order valence-corrected chi connectivity index (χ3v) is 2.77. The molecule has 0 atom stereocenters. The van der Waals surface area contributed by atoms with E-state index in [4.69, 9.17) is 9.47 Å². The molecule has 2 rings (SSSR count). The van der Waals surface area contributed by atoms with Crippen molar-refractivity contribution in [3.63, 3.8) is 0 Å². The largest absolute Gasteiger partial charge is 0.504 e. The molecule has 0 saturated carbocycles. The van der Waals surface area contributed by atoms with Crippen LogP contribution in [-0.4, -0.2) is 25.6 Å². The Labute approximate surface area is 121 Å². The van der Waals surface area contributed by atoms with Gasteiger partial charge in [-0.1, -0.05) is 6.07 Å². The van der Waals surface area contributed by atoms with Gasteiger partial charge < -0.3 is 14.6 Å². The standard InChI is InChI=1S/C15H14N2O4/c1-20-13-5-3-4-11(7-13)16-17-12-6-10(9-18)15(19)14(8-12)21-2/h3-9,19H,1-2H3. The maximum atomic E-state index is 10.9. The van der Waals surface area contributed by atoms with Crippen molar-refractivity contribution in [2.75, 3.05) is 14.2 Å². The predicted molar refractivity (Wildman–Crippen MR) is 77.2 cm³/mol. The Bertz CT molecular complexity index is 683. The number of rotatable bonds is 5. The summed E-state index contributed by atoms with van der Waals surface area (Å²) in [4.78, 5) is 10.9. The van der Waals surface area contributed by atoms with Gasteiger partial charge in [-0.2, -0.15) is 10.2 Å². The van der Waals surface area contributed by atoms with Crippen molar-refractivity contribution in [1.82, 2.24) is 0 Å². The fourth-order valence-corrected chi connectivity index (χ4v) is 1.71. The summed E-state index contributed by atoms with van der Waals surface area (Å²) >= 11 is 0. The number of phenolic OH excluding ortho intramolecular Hbond substituents is 1. The highest BCUT2D eigenvalue weighted by Gasteiger charge is 2.09. The molecular weight excluding hydrogens is 272 g/mol. The maximum Gasteiger partial charge on any atom is 0.168 e. The third-order valence-electron chi connectivity index (χ3n) is 2.77. The van der Waals surface area contributed by atoms with Crippen LogP contribution in [0.5, 0.6) is 17.2 Å². The molecular formula is C15H14N2O4. The summed E-state index contributed by atoms with van der Waals surface area (Å²) in [5.74, 6) is 0.621. The number of carbonyl (C=O) groups is 1. The number of azo groups is 1. The highest BCUT2D eigenvalue weighted by molar-refractivity contribution is 5.83. The van der Waals surface area contributed by atoms with Crippen molar-refractivity contribution in [1.29, 1.82) is 0 Å². The van der Waals surface area contributed by atoms with Crippen molar-refractivity contribution < 1.29 is 19.4 Å². The van der Waals surface area contributed by atoms with Gasteiger partial charge in [0.05, 0.1) is 31.2 Å². The van der Waals surface area contributed by atoms with Gasteiger partial charge in [0.25, 0.3) is 0 Å². The first kappa shape index (κ1) is 14.5. The summed E-state index contributed by atoms with van der Waals surface area (Å²) in [6.45, 7) is 0. The van der Waals surface area contributed by atoms with Crippen LogP contribution in [-0.2, 0) is 0 Å². The molecule has 108 valence electrons. The number of hydrogen-bond acceptors (Lipinski definition) is 6. The Hall–Kier alpha value is -2.89. The molecule has 0 aliphatic rings. The Morgan fingerprint density at radius 1 is 1.05 bits per heavy atom. The van der Waals surface area contributed by atoms with Gasteiger partial charge in [-0.05, 0) is 18.2 Å². The number of nitrogens with zero attached hydrogens (tertiary/aromatic N) is 2. The van der Waals surface area contributed by atoms with Gasteiger partial charge in [-0.3, -0.25) is 4.79 Å². The highest BCUT2D eigenvalue weighted by Crippen LogP contribution is 2.34. The number of carbonyl (C=O) groups excluding carboxylic acids is 1. The zero-order chi connectivity index (χ0) is 15.2. The second kappa shape index (κ2) is 6.51. The van der Waals surface area contributed by atoms with E-state index in [0.29, 0.717) is 23.4 Å². The molecule has 0 saturated heterocycles. The Morgan fingerprint density at radius 2 is 1.81 bits per heavy atom. The number of benzene rings is 2. The van der Waals surface area contributed by atoms with E-state index >= 15 is 0 Å². The molecule has 6 heteroatoms. The molecule has 6 nitrogen and oxygen atoms in total. The molecule has 0 aliphatic carbocycles. The van der Waals surface area contributed by atoms with Crippen LogP contribution in [0.15, 0.2) is 46.6 Å². The summed E-state index contributed by atoms with van der Waals surface area (Å²) in [6.07, 6.45) is 0.530. The van der Waals surface area contributed by atoms with Crippen LogP contribution in [0.4, 0.5) is 11.4 Å². The second-order valence-electron chi connectivity index (χ2n) is 4.11. The minimum Gasteiger partial charge on any atom is -0.504 e. The van der Waals surface area contributed by atoms with Crippen LogP contribution < -0.4 is 9.47 Å². The molecule has 2 aromatic carbocycles. The molecule has 0 unspecified atom stereocenters. The van der Waals surface area contributed by atoms with E-state index in [2.05, 4.69) is 10.2 Å². The minimum absolute atomic E-state index is 0.0916. The average molecular weight is 286 g/mol. The predicted octanol–water partition coefficient (Wildman–Crippen LogP) is 3.64. The highest BCUT2D eigenvalue weighted by atomic mass is 16.5. The van der Waals surface area contributed by atoms with Crippen molar-refractivity contribution in [3.05, 3.63) is 42.0 Å². The molecule has 0 aliphatic heterocycles. The van der Waals surface area contributed by atoms with Gasteiger partial charge in [-0.25, -0.2) is 0 Å². The van der Waals surface area contributed by atoms with E-state index in [1.165, 1.54) is 19.2 Å². The molecule has 0 spiro atoms. The second-order valence-corrected chi connectivity index (χ2v) is 4.11. The van der Waals surface area contributed by atoms with Crippen molar-refractivity contribution >= 4 is 17.7 Å². The summed E-state index contributed by atoms with van der Waals surface area (Å²) in [6, 6.07) is 10.0. The lowest BCUT2D eigenvalue weighted by Crippen LogP contribution is -1.88. The van der Waals surface area contributed by atoms with Crippen LogP contribution >= 0.6 is 0 Å². The first-order valence-electron chi connectivity index (χ1n) is 6.10. The van der Waals surface area contributed by atoms with Crippen molar-refractivity contribution in [3.8, 4) is 17.2 Å². The van der Waals surface area contributed by atoms with E-state index in [1.807, 2.05) is 0 Å². The lowest BCUT2D eigenvalue weighted by atomic mass is 10.2. The zero-order valence-corrected chi connectivity index (χ0v) is 11.6. The minimum atomic E-state index is -0.215. The Morgan fingerprint density at radius 3 is 2.48 bits per heavy atom. The van der Waals surface area contributed by atoms with Crippen LogP contribution in [0.25, 0.3) is 0 Å². The molecule has 0 heterocycles. The first-order chi connectivity index (χ1) is 10.2. The Balaban J connectivity index is 2.34. The van der Waals surface area contributed by atoms with Gasteiger partial charge in [0.1, 0.15) is 5.75 Å². The topological polar surface area (TPSA) is 80.5 Å². The summed E-state index contributed by atoms with van der Waals surface area (Å²) in [7, 11) is 2.96. The van der Waals surface area contributed by atoms with Crippen molar-refractivity contribution in [2.45, 2.75) is 0 Å². The van der Waals surface area contributed by atoms with E-state index in [-0.39, 0.29) is 17.1 Å². The lowest BCUT2D eigenvalue weighted by Gasteiger charge is -2.06. The van der Waals surface area contributed by atoms with Gasteiger partial charge >= 0.3 is 0 Å². The van der Waals surface area contributed by atoms with Crippen LogP contribution in [0.2, 0.25) is 0 Å². The third kappa shape index (κ3) is 3.36. The van der Waals surface area contributed by atoms with Gasteiger partial charge in [0.2, 0.25) is 0 Å². The smallest absolute Gasteiger partial charge is 0.168 e. The zero-order valence-electron chi connectivity index (χ0n) is 11.6. The molecule has 1 N–H and O–H groups in total. The van der Waals surface area contributed by atoms with Gasteiger partial charge in [-0.15, -0.1) is 0 Å². The number of aldehydes is 1. The maximum absolute atomic E-state index is 10.9. The van der Waals surface area contributed by atoms with Gasteiger partial charge in [0, 0.05) is 12.1 Å². The van der Waals surface area contributed by atoms with Crippen LogP contribution in [0.1, 0.15) is 10.4 Å². The fourth-order valence-electron chi connectivity index (χ4n) is 1.71. The molecule has 0 aromatic heterocycles. The lowest BCUT2D eigenvalue weighted by molar-refractivity contribution is 0.112. The van der Waals surface area contributed by atoms with Crippen molar-refractivity contribution in [2.24, 2.45) is 10.2 Å². The molecule has 21 heavy (non-hydrogen) atoms. The molecule has 2 aromatic rings. The first-order valence-corrected chi connectivity index (χ1v) is 6.10. The SMILES string of the molecule is COc1cccc(N=Nc2cc(C=O)c(O)c(OC)c2)c1. The number of hydrogen-bond donors (Lipinski definition) is 1. The van der Waals surface area contributed by atoms with E-state index in [1.54, 1.807) is 31.4 Å². The molecule has 0 bridgehead atoms. The average Bonchev–Trinajstić information content (AvgIpc) is 2.54.